The number of hydrogen-bond donors (Lipinski definition) is 1. The van der Waals surface area contributed by atoms with Crippen molar-refractivity contribution in [3.8, 4) is 5.75 Å². The first kappa shape index (κ1) is 20.2. The molecule has 0 saturated carbocycles. The van der Waals surface area contributed by atoms with Crippen molar-refractivity contribution in [3.63, 3.8) is 0 Å². The SMILES string of the molecule is CC(C)c1ccc(C(C)(C)c2ccc(OCC(O)COI)cc2)cc1. The highest BCUT2D eigenvalue weighted by Crippen LogP contribution is 2.33. The van der Waals surface area contributed by atoms with Gasteiger partial charge in [-0.2, -0.15) is 0 Å². The Morgan fingerprint density at radius 1 is 0.920 bits per heavy atom. The van der Waals surface area contributed by atoms with Crippen molar-refractivity contribution >= 4 is 23.0 Å². The molecule has 1 N–H and O–H groups in total. The maximum Gasteiger partial charge on any atom is 0.119 e. The fraction of sp³-hybridized carbons (Fsp3) is 0.429. The first-order valence-corrected chi connectivity index (χ1v) is 9.48. The van der Waals surface area contributed by atoms with Crippen molar-refractivity contribution in [1.82, 2.24) is 0 Å². The number of ether oxygens (including phenoxy) is 1. The average molecular weight is 454 g/mol. The van der Waals surface area contributed by atoms with E-state index in [1.165, 1.54) is 16.7 Å². The summed E-state index contributed by atoms with van der Waals surface area (Å²) in [5, 5.41) is 9.65. The van der Waals surface area contributed by atoms with Gasteiger partial charge in [0.2, 0.25) is 0 Å². The molecular formula is C21H27IO3. The summed E-state index contributed by atoms with van der Waals surface area (Å²) in [4.78, 5) is 0. The molecule has 25 heavy (non-hydrogen) atoms. The molecule has 1 unspecified atom stereocenters. The van der Waals surface area contributed by atoms with Gasteiger partial charge in [-0.3, -0.25) is 0 Å². The summed E-state index contributed by atoms with van der Waals surface area (Å²) in [6, 6.07) is 17.0. The molecule has 2 rings (SSSR count). The molecule has 1 atom stereocenters. The molecule has 0 aliphatic carbocycles. The van der Waals surface area contributed by atoms with Gasteiger partial charge in [0.1, 0.15) is 41.5 Å². The minimum atomic E-state index is -0.618. The van der Waals surface area contributed by atoms with Crippen LogP contribution in [0.4, 0.5) is 0 Å². The van der Waals surface area contributed by atoms with Crippen molar-refractivity contribution in [1.29, 1.82) is 0 Å². The summed E-state index contributed by atoms with van der Waals surface area (Å²) >= 11 is 1.77. The number of hydrogen-bond acceptors (Lipinski definition) is 3. The molecule has 0 radical (unpaired) electrons. The molecule has 2 aromatic carbocycles. The predicted octanol–water partition coefficient (Wildman–Crippen LogP) is 5.24. The Bertz CT molecular complexity index is 648. The van der Waals surface area contributed by atoms with Crippen LogP contribution in [0.1, 0.15) is 50.3 Å². The van der Waals surface area contributed by atoms with Crippen LogP contribution in [0.15, 0.2) is 48.5 Å². The fourth-order valence-corrected chi connectivity index (χ4v) is 3.15. The largest absolute Gasteiger partial charge is 0.491 e. The van der Waals surface area contributed by atoms with Crippen LogP contribution in [0.2, 0.25) is 0 Å². The van der Waals surface area contributed by atoms with Crippen molar-refractivity contribution in [2.45, 2.75) is 45.1 Å². The van der Waals surface area contributed by atoms with Gasteiger partial charge in [-0.1, -0.05) is 64.1 Å². The van der Waals surface area contributed by atoms with E-state index in [0.717, 1.165) is 5.75 Å². The van der Waals surface area contributed by atoms with Gasteiger partial charge in [0.15, 0.2) is 0 Å². The minimum absolute atomic E-state index is 0.0807. The van der Waals surface area contributed by atoms with Crippen molar-refractivity contribution < 1.29 is 12.9 Å². The molecule has 0 aliphatic rings. The summed E-state index contributed by atoms with van der Waals surface area (Å²) in [7, 11) is 0. The Morgan fingerprint density at radius 3 is 1.92 bits per heavy atom. The predicted molar refractivity (Wildman–Crippen MR) is 111 cm³/mol. The van der Waals surface area contributed by atoms with Gasteiger partial charge < -0.3 is 12.9 Å². The maximum atomic E-state index is 9.65. The van der Waals surface area contributed by atoms with Gasteiger partial charge in [-0.15, -0.1) is 0 Å². The van der Waals surface area contributed by atoms with E-state index in [9.17, 15) is 5.11 Å². The van der Waals surface area contributed by atoms with E-state index >= 15 is 0 Å². The molecule has 2 aromatic rings. The van der Waals surface area contributed by atoms with Crippen LogP contribution in [0.3, 0.4) is 0 Å². The number of rotatable bonds is 8. The van der Waals surface area contributed by atoms with Crippen LogP contribution in [0.25, 0.3) is 0 Å². The number of aliphatic hydroxyl groups excluding tert-OH is 1. The molecule has 4 heteroatoms. The van der Waals surface area contributed by atoms with E-state index in [1.807, 2.05) is 12.1 Å². The molecule has 0 heterocycles. The summed E-state index contributed by atoms with van der Waals surface area (Å²) in [5.41, 5.74) is 3.80. The van der Waals surface area contributed by atoms with E-state index < -0.39 is 6.10 Å². The van der Waals surface area contributed by atoms with Crippen molar-refractivity contribution in [2.24, 2.45) is 0 Å². The van der Waals surface area contributed by atoms with Gasteiger partial charge in [0, 0.05) is 5.41 Å². The first-order chi connectivity index (χ1) is 11.8. The van der Waals surface area contributed by atoms with Gasteiger partial charge in [-0.25, -0.2) is 0 Å². The molecule has 136 valence electrons. The smallest absolute Gasteiger partial charge is 0.119 e. The lowest BCUT2D eigenvalue weighted by molar-refractivity contribution is 0.0768. The van der Waals surface area contributed by atoms with Gasteiger partial charge in [0.25, 0.3) is 0 Å². The molecule has 0 fully saturated rings. The summed E-state index contributed by atoms with van der Waals surface area (Å²) in [5.74, 6) is 1.30. The third-order valence-electron chi connectivity index (χ3n) is 4.57. The summed E-state index contributed by atoms with van der Waals surface area (Å²) in [6.45, 7) is 9.37. The average Bonchev–Trinajstić information content (AvgIpc) is 2.60. The van der Waals surface area contributed by atoms with Gasteiger partial charge in [-0.05, 0) is 34.7 Å². The van der Waals surface area contributed by atoms with Crippen LogP contribution in [0.5, 0.6) is 5.75 Å². The Balaban J connectivity index is 2.09. The van der Waals surface area contributed by atoms with Gasteiger partial charge in [0.05, 0.1) is 6.61 Å². The first-order valence-electron chi connectivity index (χ1n) is 8.60. The van der Waals surface area contributed by atoms with Crippen LogP contribution >= 0.6 is 23.0 Å². The highest BCUT2D eigenvalue weighted by atomic mass is 127. The molecular weight excluding hydrogens is 427 g/mol. The zero-order valence-electron chi connectivity index (χ0n) is 15.3. The second kappa shape index (κ2) is 9.01. The van der Waals surface area contributed by atoms with E-state index in [-0.39, 0.29) is 18.6 Å². The Kier molecular flexibility index (Phi) is 7.28. The lowest BCUT2D eigenvalue weighted by atomic mass is 9.77. The highest BCUT2D eigenvalue weighted by Gasteiger charge is 2.23. The van der Waals surface area contributed by atoms with Crippen LogP contribution < -0.4 is 4.74 Å². The third-order valence-corrected chi connectivity index (χ3v) is 4.93. The summed E-state index contributed by atoms with van der Waals surface area (Å²) < 4.78 is 10.5. The van der Waals surface area contributed by atoms with Crippen LogP contribution in [-0.4, -0.2) is 24.4 Å². The standard InChI is InChI=1S/C21H27IO3/c1-15(2)16-5-7-17(8-6-16)21(3,4)18-9-11-20(12-10-18)24-13-19(23)14-25-22/h5-12,15,19,23H,13-14H2,1-4H3. The Morgan fingerprint density at radius 2 is 1.44 bits per heavy atom. The zero-order chi connectivity index (χ0) is 18.4. The summed E-state index contributed by atoms with van der Waals surface area (Å²) in [6.07, 6.45) is -0.618. The Labute approximate surface area is 165 Å². The van der Waals surface area contributed by atoms with E-state index in [1.54, 1.807) is 23.0 Å². The molecule has 0 bridgehead atoms. The van der Waals surface area contributed by atoms with Crippen LogP contribution in [0, 0.1) is 0 Å². The number of halogens is 1. The number of aliphatic hydroxyl groups is 1. The minimum Gasteiger partial charge on any atom is -0.491 e. The van der Waals surface area contributed by atoms with E-state index in [2.05, 4.69) is 64.1 Å². The molecule has 0 spiro atoms. The zero-order valence-corrected chi connectivity index (χ0v) is 17.5. The van der Waals surface area contributed by atoms with Crippen molar-refractivity contribution in [3.05, 3.63) is 65.2 Å². The monoisotopic (exact) mass is 454 g/mol. The second-order valence-corrected chi connectivity index (χ2v) is 7.79. The topological polar surface area (TPSA) is 38.7 Å². The maximum absolute atomic E-state index is 9.65. The van der Waals surface area contributed by atoms with E-state index in [4.69, 9.17) is 7.80 Å². The third kappa shape index (κ3) is 5.43. The quantitative estimate of drug-likeness (QED) is 0.555. The highest BCUT2D eigenvalue weighted by molar-refractivity contribution is 14.1. The fourth-order valence-electron chi connectivity index (χ4n) is 2.73. The normalized spacial score (nSPS) is 13.1. The molecule has 0 aliphatic heterocycles. The van der Waals surface area contributed by atoms with Gasteiger partial charge >= 0.3 is 0 Å². The molecule has 0 aromatic heterocycles. The molecule has 0 amide bonds. The van der Waals surface area contributed by atoms with Crippen molar-refractivity contribution in [2.75, 3.05) is 13.2 Å². The number of benzene rings is 2. The lowest BCUT2D eigenvalue weighted by Gasteiger charge is -2.27. The van der Waals surface area contributed by atoms with Crippen LogP contribution in [-0.2, 0) is 8.48 Å². The molecule has 0 saturated heterocycles. The molecule has 3 nitrogen and oxygen atoms in total. The van der Waals surface area contributed by atoms with E-state index in [0.29, 0.717) is 5.92 Å². The lowest BCUT2D eigenvalue weighted by Crippen LogP contribution is -2.22. The second-order valence-electron chi connectivity index (χ2n) is 7.17. The Hall–Kier alpha value is -1.11.